The van der Waals surface area contributed by atoms with Crippen LogP contribution in [0.3, 0.4) is 0 Å². The summed E-state index contributed by atoms with van der Waals surface area (Å²) in [6, 6.07) is 7.25. The summed E-state index contributed by atoms with van der Waals surface area (Å²) < 4.78 is 11.6. The molecule has 0 radical (unpaired) electrons. The van der Waals surface area contributed by atoms with Crippen molar-refractivity contribution >= 4 is 17.5 Å². The smallest absolute Gasteiger partial charge is 0.291 e. The fourth-order valence-electron chi connectivity index (χ4n) is 3.72. The molecule has 4 rings (SSSR count). The number of carbonyl (C=O) groups is 2. The highest BCUT2D eigenvalue weighted by Gasteiger charge is 2.35. The predicted octanol–water partition coefficient (Wildman–Crippen LogP) is 3.35. The van der Waals surface area contributed by atoms with E-state index < -0.39 is 18.1 Å². The third-order valence-corrected chi connectivity index (χ3v) is 5.18. The molecule has 0 saturated heterocycles. The first-order valence-corrected chi connectivity index (χ1v) is 9.70. The molecular weight excluding hydrogens is 368 g/mol. The second-order valence-corrected chi connectivity index (χ2v) is 8.46. The maximum absolute atomic E-state index is 12.8. The first kappa shape index (κ1) is 19.2. The average molecular weight is 392 g/mol. The summed E-state index contributed by atoms with van der Waals surface area (Å²) in [5, 5.41) is 2.87. The molecule has 1 aliphatic carbocycles. The SMILES string of the molecule is CC1Oc2ccccc2OC1C(=O)N=C1C=CC2C(=C1)NC(=O)C=C2C(C)(C)C. The number of fused-ring (bicyclic) bond motifs is 2. The Morgan fingerprint density at radius 1 is 1.10 bits per heavy atom. The molecule has 150 valence electrons. The summed E-state index contributed by atoms with van der Waals surface area (Å²) in [4.78, 5) is 29.1. The number of hydrogen-bond donors (Lipinski definition) is 1. The molecule has 0 saturated carbocycles. The molecule has 2 heterocycles. The van der Waals surface area contributed by atoms with Crippen LogP contribution < -0.4 is 14.8 Å². The Morgan fingerprint density at radius 3 is 2.48 bits per heavy atom. The van der Waals surface area contributed by atoms with E-state index in [1.54, 1.807) is 31.2 Å². The minimum absolute atomic E-state index is 0.0261. The van der Waals surface area contributed by atoms with Gasteiger partial charge in [-0.15, -0.1) is 0 Å². The fraction of sp³-hybridized carbons (Fsp3) is 0.348. The first-order chi connectivity index (χ1) is 13.7. The number of benzene rings is 1. The molecule has 29 heavy (non-hydrogen) atoms. The van der Waals surface area contributed by atoms with Crippen LogP contribution in [0.25, 0.3) is 0 Å². The molecule has 0 bridgehead atoms. The number of rotatable bonds is 1. The van der Waals surface area contributed by atoms with E-state index in [-0.39, 0.29) is 17.2 Å². The third-order valence-electron chi connectivity index (χ3n) is 5.18. The van der Waals surface area contributed by atoms with Crippen molar-refractivity contribution in [3.05, 3.63) is 59.8 Å². The van der Waals surface area contributed by atoms with Crippen LogP contribution in [0.2, 0.25) is 0 Å². The number of carbonyl (C=O) groups excluding carboxylic acids is 2. The zero-order valence-corrected chi connectivity index (χ0v) is 16.9. The van der Waals surface area contributed by atoms with Gasteiger partial charge in [0.25, 0.3) is 5.91 Å². The van der Waals surface area contributed by atoms with Crippen LogP contribution >= 0.6 is 0 Å². The second kappa shape index (κ2) is 7.03. The lowest BCUT2D eigenvalue weighted by atomic mass is 9.74. The second-order valence-electron chi connectivity index (χ2n) is 8.46. The van der Waals surface area contributed by atoms with Gasteiger partial charge in [-0.2, -0.15) is 0 Å². The Kier molecular flexibility index (Phi) is 4.65. The quantitative estimate of drug-likeness (QED) is 0.795. The molecule has 1 aromatic carbocycles. The highest BCUT2D eigenvalue weighted by Crippen LogP contribution is 2.38. The van der Waals surface area contributed by atoms with Crippen molar-refractivity contribution < 1.29 is 19.1 Å². The predicted molar refractivity (Wildman–Crippen MR) is 110 cm³/mol. The van der Waals surface area contributed by atoms with Gasteiger partial charge in [-0.1, -0.05) is 39.0 Å². The molecule has 6 heteroatoms. The van der Waals surface area contributed by atoms with Gasteiger partial charge >= 0.3 is 0 Å². The molecular formula is C23H24N2O4. The van der Waals surface area contributed by atoms with Gasteiger partial charge in [-0.25, -0.2) is 4.99 Å². The van der Waals surface area contributed by atoms with Gasteiger partial charge in [0, 0.05) is 17.7 Å². The van der Waals surface area contributed by atoms with Gasteiger partial charge < -0.3 is 14.8 Å². The topological polar surface area (TPSA) is 77.0 Å². The van der Waals surface area contributed by atoms with E-state index in [1.165, 1.54) is 0 Å². The lowest BCUT2D eigenvalue weighted by Crippen LogP contribution is -2.43. The molecule has 6 nitrogen and oxygen atoms in total. The maximum Gasteiger partial charge on any atom is 0.291 e. The maximum atomic E-state index is 12.8. The van der Waals surface area contributed by atoms with Crippen LogP contribution in [0.15, 0.2) is 64.8 Å². The molecule has 3 aliphatic rings. The number of allylic oxidation sites excluding steroid dienone is 3. The standard InChI is InChI=1S/C23H24N2O4/c1-13-21(29-19-8-6-5-7-18(19)28-13)22(27)24-14-9-10-15-16(23(2,3)4)12-20(26)25-17(15)11-14/h5-13,15,21H,1-4H3,(H,25,26). The van der Waals surface area contributed by atoms with E-state index in [4.69, 9.17) is 9.47 Å². The number of aliphatic imine (C=N–C) groups is 1. The molecule has 0 fully saturated rings. The van der Waals surface area contributed by atoms with Gasteiger partial charge in [-0.05, 0) is 42.2 Å². The van der Waals surface area contributed by atoms with Crippen LogP contribution in [0, 0.1) is 11.3 Å². The summed E-state index contributed by atoms with van der Waals surface area (Å²) >= 11 is 0. The van der Waals surface area contributed by atoms with E-state index in [9.17, 15) is 9.59 Å². The summed E-state index contributed by atoms with van der Waals surface area (Å²) in [5.74, 6) is 0.539. The van der Waals surface area contributed by atoms with Crippen molar-refractivity contribution in [3.8, 4) is 11.5 Å². The van der Waals surface area contributed by atoms with Crippen molar-refractivity contribution in [3.63, 3.8) is 0 Å². The van der Waals surface area contributed by atoms with Gasteiger partial charge in [0.15, 0.2) is 11.5 Å². The molecule has 1 N–H and O–H groups in total. The van der Waals surface area contributed by atoms with Crippen LogP contribution in [-0.2, 0) is 9.59 Å². The lowest BCUT2D eigenvalue weighted by molar-refractivity contribution is -0.129. The van der Waals surface area contributed by atoms with E-state index in [2.05, 4.69) is 31.1 Å². The largest absolute Gasteiger partial charge is 0.482 e. The molecule has 1 aromatic rings. The normalized spacial score (nSPS) is 27.0. The van der Waals surface area contributed by atoms with Gasteiger partial charge in [0.05, 0.1) is 5.71 Å². The Morgan fingerprint density at radius 2 is 1.79 bits per heavy atom. The van der Waals surface area contributed by atoms with Crippen LogP contribution in [0.1, 0.15) is 27.7 Å². The fourth-order valence-corrected chi connectivity index (χ4v) is 3.72. The molecule has 3 unspecified atom stereocenters. The molecule has 0 spiro atoms. The van der Waals surface area contributed by atoms with Gasteiger partial charge in [0.2, 0.25) is 12.0 Å². The van der Waals surface area contributed by atoms with Crippen molar-refractivity contribution in [2.24, 2.45) is 16.3 Å². The monoisotopic (exact) mass is 392 g/mol. The molecule has 2 amide bonds. The van der Waals surface area contributed by atoms with Crippen molar-refractivity contribution in [2.45, 2.75) is 39.9 Å². The Hall–Kier alpha value is -3.15. The summed E-state index contributed by atoms with van der Waals surface area (Å²) in [6.45, 7) is 8.02. The number of para-hydroxylation sites is 2. The highest BCUT2D eigenvalue weighted by molar-refractivity contribution is 6.12. The number of hydrogen-bond acceptors (Lipinski definition) is 4. The molecule has 0 aromatic heterocycles. The third kappa shape index (κ3) is 3.75. The van der Waals surface area contributed by atoms with Crippen LogP contribution in [0.4, 0.5) is 0 Å². The lowest BCUT2D eigenvalue weighted by Gasteiger charge is -2.35. The average Bonchev–Trinajstić information content (AvgIpc) is 2.65. The minimum atomic E-state index is -0.826. The summed E-state index contributed by atoms with van der Waals surface area (Å²) in [7, 11) is 0. The number of nitrogens with one attached hydrogen (secondary N) is 1. The highest BCUT2D eigenvalue weighted by atomic mass is 16.6. The minimum Gasteiger partial charge on any atom is -0.482 e. The van der Waals surface area contributed by atoms with E-state index in [1.807, 2.05) is 24.3 Å². The zero-order valence-electron chi connectivity index (χ0n) is 16.9. The zero-order chi connectivity index (χ0) is 20.8. The number of amides is 2. The Labute approximate surface area is 170 Å². The first-order valence-electron chi connectivity index (χ1n) is 9.70. The van der Waals surface area contributed by atoms with Crippen molar-refractivity contribution in [1.29, 1.82) is 0 Å². The summed E-state index contributed by atoms with van der Waals surface area (Å²) in [5.41, 5.74) is 2.09. The molecule has 3 atom stereocenters. The van der Waals surface area contributed by atoms with Crippen LogP contribution in [-0.4, -0.2) is 29.7 Å². The number of nitrogens with zero attached hydrogens (tertiary/aromatic N) is 1. The Bertz CT molecular complexity index is 994. The summed E-state index contributed by atoms with van der Waals surface area (Å²) in [6.07, 6.45) is 5.90. The Balaban J connectivity index is 1.57. The van der Waals surface area contributed by atoms with Crippen molar-refractivity contribution in [1.82, 2.24) is 5.32 Å². The van der Waals surface area contributed by atoms with E-state index >= 15 is 0 Å². The molecule has 2 aliphatic heterocycles. The van der Waals surface area contributed by atoms with Gasteiger partial charge in [0.1, 0.15) is 6.10 Å². The van der Waals surface area contributed by atoms with Gasteiger partial charge in [-0.3, -0.25) is 9.59 Å². The van der Waals surface area contributed by atoms with Crippen LogP contribution in [0.5, 0.6) is 11.5 Å². The van der Waals surface area contributed by atoms with E-state index in [0.29, 0.717) is 17.2 Å². The van der Waals surface area contributed by atoms with Crippen molar-refractivity contribution in [2.75, 3.05) is 0 Å². The van der Waals surface area contributed by atoms with E-state index in [0.717, 1.165) is 11.3 Å². The number of ether oxygens (including phenoxy) is 2.